The van der Waals surface area contributed by atoms with E-state index in [1.807, 2.05) is 16.9 Å². The molecule has 2 heterocycles. The molecule has 1 saturated carbocycles. The molecule has 1 fully saturated rings. The van der Waals surface area contributed by atoms with Crippen molar-refractivity contribution < 1.29 is 5.11 Å². The summed E-state index contributed by atoms with van der Waals surface area (Å²) in [6, 6.07) is 2.71. The fraction of sp³-hybridized carbons (Fsp3) is 0.625. The minimum absolute atomic E-state index is 0.225. The predicted octanol–water partition coefficient (Wildman–Crippen LogP) is 2.59. The van der Waals surface area contributed by atoms with Gasteiger partial charge in [0.1, 0.15) is 5.52 Å². The van der Waals surface area contributed by atoms with Crippen LogP contribution < -0.4 is 4.90 Å². The predicted molar refractivity (Wildman–Crippen MR) is 83.8 cm³/mol. The minimum atomic E-state index is 0.225. The molecule has 2 aromatic rings. The SMILES string of the molecule is CC(C)c1cc2c(N(CCCO)C3CCC3)nccn2n1. The summed E-state index contributed by atoms with van der Waals surface area (Å²) in [5.74, 6) is 1.42. The van der Waals surface area contributed by atoms with Gasteiger partial charge >= 0.3 is 0 Å². The van der Waals surface area contributed by atoms with Gasteiger partial charge in [-0.15, -0.1) is 0 Å². The van der Waals surface area contributed by atoms with Gasteiger partial charge in [0.2, 0.25) is 0 Å². The average molecular weight is 288 g/mol. The molecule has 0 aromatic carbocycles. The molecule has 1 aliphatic rings. The van der Waals surface area contributed by atoms with Gasteiger partial charge < -0.3 is 10.0 Å². The largest absolute Gasteiger partial charge is 0.396 e. The lowest BCUT2D eigenvalue weighted by molar-refractivity contribution is 0.282. The van der Waals surface area contributed by atoms with Crippen molar-refractivity contribution in [3.63, 3.8) is 0 Å². The van der Waals surface area contributed by atoms with Crippen molar-refractivity contribution in [1.29, 1.82) is 0 Å². The molecule has 0 bridgehead atoms. The molecule has 3 rings (SSSR count). The highest BCUT2D eigenvalue weighted by molar-refractivity contribution is 5.69. The van der Waals surface area contributed by atoms with E-state index in [9.17, 15) is 0 Å². The molecular weight excluding hydrogens is 264 g/mol. The summed E-state index contributed by atoms with van der Waals surface area (Å²) in [5.41, 5.74) is 2.17. The van der Waals surface area contributed by atoms with Crippen LogP contribution in [-0.4, -0.2) is 38.9 Å². The van der Waals surface area contributed by atoms with Crippen LogP contribution in [0.25, 0.3) is 5.52 Å². The Kier molecular flexibility index (Phi) is 4.10. The van der Waals surface area contributed by atoms with Crippen molar-refractivity contribution in [1.82, 2.24) is 14.6 Å². The molecular formula is C16H24N4O. The maximum absolute atomic E-state index is 9.16. The summed E-state index contributed by atoms with van der Waals surface area (Å²) < 4.78 is 1.93. The van der Waals surface area contributed by atoms with Crippen molar-refractivity contribution in [2.24, 2.45) is 0 Å². The number of aliphatic hydroxyl groups is 1. The molecule has 5 heteroatoms. The zero-order chi connectivity index (χ0) is 14.8. The summed E-state index contributed by atoms with van der Waals surface area (Å²) in [6.45, 7) is 5.40. The molecule has 0 radical (unpaired) electrons. The van der Waals surface area contributed by atoms with Gasteiger partial charge in [-0.2, -0.15) is 5.10 Å². The second kappa shape index (κ2) is 6.02. The van der Waals surface area contributed by atoms with Crippen LogP contribution in [0.5, 0.6) is 0 Å². The molecule has 0 spiro atoms. The van der Waals surface area contributed by atoms with E-state index in [4.69, 9.17) is 5.11 Å². The van der Waals surface area contributed by atoms with Crippen LogP contribution >= 0.6 is 0 Å². The van der Waals surface area contributed by atoms with E-state index in [-0.39, 0.29) is 6.61 Å². The van der Waals surface area contributed by atoms with Crippen LogP contribution in [0.1, 0.15) is 51.1 Å². The van der Waals surface area contributed by atoms with Gasteiger partial charge in [0.15, 0.2) is 5.82 Å². The van der Waals surface area contributed by atoms with Gasteiger partial charge in [0.05, 0.1) is 5.69 Å². The van der Waals surface area contributed by atoms with Crippen LogP contribution in [0, 0.1) is 0 Å². The zero-order valence-electron chi connectivity index (χ0n) is 12.9. The smallest absolute Gasteiger partial charge is 0.154 e. The van der Waals surface area contributed by atoms with Crippen molar-refractivity contribution in [3.05, 3.63) is 24.2 Å². The first kappa shape index (κ1) is 14.3. The first-order valence-electron chi connectivity index (χ1n) is 7.92. The van der Waals surface area contributed by atoms with Gasteiger partial charge in [-0.25, -0.2) is 9.50 Å². The molecule has 0 amide bonds. The second-order valence-electron chi connectivity index (χ2n) is 6.16. The van der Waals surface area contributed by atoms with E-state index < -0.39 is 0 Å². The van der Waals surface area contributed by atoms with E-state index in [0.29, 0.717) is 12.0 Å². The Balaban J connectivity index is 1.99. The lowest BCUT2D eigenvalue weighted by atomic mass is 9.91. The van der Waals surface area contributed by atoms with E-state index in [0.717, 1.165) is 30.0 Å². The van der Waals surface area contributed by atoms with E-state index >= 15 is 0 Å². The molecule has 5 nitrogen and oxygen atoms in total. The molecule has 0 atom stereocenters. The molecule has 0 saturated heterocycles. The van der Waals surface area contributed by atoms with Crippen LogP contribution in [0.2, 0.25) is 0 Å². The molecule has 1 N–H and O–H groups in total. The molecule has 114 valence electrons. The third-order valence-electron chi connectivity index (χ3n) is 4.32. The van der Waals surface area contributed by atoms with Gasteiger partial charge in [-0.1, -0.05) is 13.8 Å². The molecule has 2 aromatic heterocycles. The molecule has 0 unspecified atom stereocenters. The Labute approximate surface area is 125 Å². The third kappa shape index (κ3) is 2.75. The lowest BCUT2D eigenvalue weighted by Crippen LogP contribution is -2.41. The average Bonchev–Trinajstić information content (AvgIpc) is 2.85. The highest BCUT2D eigenvalue weighted by Crippen LogP contribution is 2.31. The van der Waals surface area contributed by atoms with Gasteiger partial charge in [0.25, 0.3) is 0 Å². The van der Waals surface area contributed by atoms with Gasteiger partial charge in [-0.05, 0) is 37.7 Å². The van der Waals surface area contributed by atoms with Crippen LogP contribution in [0.4, 0.5) is 5.82 Å². The molecule has 0 aliphatic heterocycles. The van der Waals surface area contributed by atoms with Gasteiger partial charge in [-0.3, -0.25) is 0 Å². The number of fused-ring (bicyclic) bond motifs is 1. The van der Waals surface area contributed by atoms with Crippen molar-refractivity contribution in [2.75, 3.05) is 18.1 Å². The van der Waals surface area contributed by atoms with E-state index in [1.54, 1.807) is 0 Å². The Morgan fingerprint density at radius 3 is 2.86 bits per heavy atom. The maximum atomic E-state index is 9.16. The standard InChI is InChI=1S/C16H24N4O/c1-12(2)14-11-15-16(17-7-9-20(15)18-14)19(8-4-10-21)13-5-3-6-13/h7,9,11-13,21H,3-6,8,10H2,1-2H3. The molecule has 21 heavy (non-hydrogen) atoms. The molecule has 1 aliphatic carbocycles. The summed E-state index contributed by atoms with van der Waals surface area (Å²) in [4.78, 5) is 6.98. The number of aliphatic hydroxyl groups excluding tert-OH is 1. The number of anilines is 1. The summed E-state index contributed by atoms with van der Waals surface area (Å²) in [6.07, 6.45) is 8.25. The van der Waals surface area contributed by atoms with E-state index in [1.165, 1.54) is 19.3 Å². The summed E-state index contributed by atoms with van der Waals surface area (Å²) in [7, 11) is 0. The van der Waals surface area contributed by atoms with E-state index in [2.05, 4.69) is 34.9 Å². The fourth-order valence-corrected chi connectivity index (χ4v) is 2.83. The van der Waals surface area contributed by atoms with Gasteiger partial charge in [0, 0.05) is 31.6 Å². The monoisotopic (exact) mass is 288 g/mol. The maximum Gasteiger partial charge on any atom is 0.154 e. The number of rotatable bonds is 6. The highest BCUT2D eigenvalue weighted by atomic mass is 16.3. The first-order valence-corrected chi connectivity index (χ1v) is 7.92. The quantitative estimate of drug-likeness (QED) is 0.887. The van der Waals surface area contributed by atoms with Crippen molar-refractivity contribution >= 4 is 11.3 Å². The Hall–Kier alpha value is -1.62. The second-order valence-corrected chi connectivity index (χ2v) is 6.16. The highest BCUT2D eigenvalue weighted by Gasteiger charge is 2.27. The number of hydrogen-bond acceptors (Lipinski definition) is 4. The summed E-state index contributed by atoms with van der Waals surface area (Å²) >= 11 is 0. The Morgan fingerprint density at radius 1 is 1.43 bits per heavy atom. The Morgan fingerprint density at radius 2 is 2.24 bits per heavy atom. The number of aromatic nitrogens is 3. The number of hydrogen-bond donors (Lipinski definition) is 1. The summed E-state index contributed by atoms with van der Waals surface area (Å²) in [5, 5.41) is 13.8. The van der Waals surface area contributed by atoms with Crippen LogP contribution in [-0.2, 0) is 0 Å². The fourth-order valence-electron chi connectivity index (χ4n) is 2.83. The Bertz CT molecular complexity index is 603. The third-order valence-corrected chi connectivity index (χ3v) is 4.32. The normalized spacial score (nSPS) is 15.6. The zero-order valence-corrected chi connectivity index (χ0v) is 12.9. The topological polar surface area (TPSA) is 53.7 Å². The lowest BCUT2D eigenvalue weighted by Gasteiger charge is -2.38. The minimum Gasteiger partial charge on any atom is -0.396 e. The first-order chi connectivity index (χ1) is 10.2. The van der Waals surface area contributed by atoms with Crippen LogP contribution in [0.15, 0.2) is 18.5 Å². The van der Waals surface area contributed by atoms with Crippen LogP contribution in [0.3, 0.4) is 0 Å². The van der Waals surface area contributed by atoms with Crippen molar-refractivity contribution in [2.45, 2.75) is 51.5 Å². The van der Waals surface area contributed by atoms with Crippen molar-refractivity contribution in [3.8, 4) is 0 Å². The number of nitrogens with zero attached hydrogens (tertiary/aromatic N) is 4.